The number of fused-ring (bicyclic) bond motifs is 1. The summed E-state index contributed by atoms with van der Waals surface area (Å²) in [5, 5.41) is 4.75. The Bertz CT molecular complexity index is 1350. The summed E-state index contributed by atoms with van der Waals surface area (Å²) in [6.45, 7) is 0. The Kier molecular flexibility index (Phi) is 4.78. The van der Waals surface area contributed by atoms with Crippen LogP contribution in [0.2, 0.25) is 0 Å². The van der Waals surface area contributed by atoms with E-state index < -0.39 is 7.14 Å². The Balaban J connectivity index is 1.68. The van der Waals surface area contributed by atoms with Gasteiger partial charge in [0.1, 0.15) is 0 Å². The fourth-order valence-corrected chi connectivity index (χ4v) is 6.49. The number of rotatable bonds is 4. The van der Waals surface area contributed by atoms with Crippen LogP contribution in [0.15, 0.2) is 121 Å². The standard InChI is InChI=1S/C27H20NOP/c29-30(24-10-2-1-3-11-24,26-18-13-21-8-4-5-9-23(21)20-26)25-16-14-22(15-17-25)27-12-6-7-19-28-27/h1-20H. The van der Waals surface area contributed by atoms with Gasteiger partial charge in [0.2, 0.25) is 0 Å². The molecule has 3 heteroatoms. The molecule has 2 nitrogen and oxygen atoms in total. The summed E-state index contributed by atoms with van der Waals surface area (Å²) in [5.74, 6) is 0. The van der Waals surface area contributed by atoms with Crippen molar-refractivity contribution >= 4 is 33.8 Å². The molecule has 4 aromatic carbocycles. The van der Waals surface area contributed by atoms with Crippen LogP contribution in [0.3, 0.4) is 0 Å². The molecule has 1 heterocycles. The van der Waals surface area contributed by atoms with Gasteiger partial charge in [0.15, 0.2) is 7.14 Å². The van der Waals surface area contributed by atoms with Crippen molar-refractivity contribution in [3.63, 3.8) is 0 Å². The summed E-state index contributed by atoms with van der Waals surface area (Å²) >= 11 is 0. The van der Waals surface area contributed by atoms with Crippen molar-refractivity contribution in [3.8, 4) is 11.3 Å². The topological polar surface area (TPSA) is 30.0 Å². The minimum absolute atomic E-state index is 0.823. The zero-order valence-corrected chi connectivity index (χ0v) is 17.2. The maximum atomic E-state index is 14.7. The summed E-state index contributed by atoms with van der Waals surface area (Å²) in [5.41, 5.74) is 1.92. The van der Waals surface area contributed by atoms with E-state index in [2.05, 4.69) is 29.2 Å². The molecule has 144 valence electrons. The second kappa shape index (κ2) is 7.74. The van der Waals surface area contributed by atoms with E-state index in [9.17, 15) is 4.57 Å². The Morgan fingerprint density at radius 3 is 1.90 bits per heavy atom. The third-order valence-electron chi connectivity index (χ3n) is 5.41. The number of hydrogen-bond donors (Lipinski definition) is 0. The Morgan fingerprint density at radius 1 is 0.533 bits per heavy atom. The fraction of sp³-hybridized carbons (Fsp3) is 0. The quantitative estimate of drug-likeness (QED) is 0.368. The highest BCUT2D eigenvalue weighted by atomic mass is 31.2. The summed E-state index contributed by atoms with van der Waals surface area (Å²) in [4.78, 5) is 4.42. The van der Waals surface area contributed by atoms with Crippen LogP contribution in [-0.4, -0.2) is 4.98 Å². The molecule has 0 radical (unpaired) electrons. The van der Waals surface area contributed by atoms with Crippen LogP contribution in [0.4, 0.5) is 0 Å². The highest BCUT2D eigenvalue weighted by molar-refractivity contribution is 7.85. The lowest BCUT2D eigenvalue weighted by molar-refractivity contribution is 0.592. The number of aromatic nitrogens is 1. The van der Waals surface area contributed by atoms with E-state index >= 15 is 0 Å². The van der Waals surface area contributed by atoms with Crippen molar-refractivity contribution in [3.05, 3.63) is 121 Å². The zero-order chi connectivity index (χ0) is 20.4. The average Bonchev–Trinajstić information content (AvgIpc) is 2.84. The van der Waals surface area contributed by atoms with Gasteiger partial charge in [0.05, 0.1) is 5.69 Å². The normalized spacial score (nSPS) is 13.1. The molecule has 0 amide bonds. The van der Waals surface area contributed by atoms with Crippen LogP contribution in [-0.2, 0) is 4.57 Å². The lowest BCUT2D eigenvalue weighted by atomic mass is 10.1. The van der Waals surface area contributed by atoms with Gasteiger partial charge in [0.25, 0.3) is 0 Å². The molecular formula is C27H20NOP. The SMILES string of the molecule is O=P(c1ccccc1)(c1ccc(-c2ccccn2)cc1)c1ccc2ccccc2c1. The average molecular weight is 405 g/mol. The first-order chi connectivity index (χ1) is 14.7. The molecule has 1 aromatic heterocycles. The third kappa shape index (κ3) is 3.26. The molecule has 30 heavy (non-hydrogen) atoms. The molecule has 1 unspecified atom stereocenters. The van der Waals surface area contributed by atoms with Crippen LogP contribution >= 0.6 is 7.14 Å². The first kappa shape index (κ1) is 18.5. The van der Waals surface area contributed by atoms with Crippen molar-refractivity contribution in [2.24, 2.45) is 0 Å². The fourth-order valence-electron chi connectivity index (χ4n) is 3.83. The molecule has 0 aliphatic heterocycles. The van der Waals surface area contributed by atoms with Crippen LogP contribution in [0.1, 0.15) is 0 Å². The molecule has 0 bridgehead atoms. The first-order valence-electron chi connectivity index (χ1n) is 9.92. The van der Waals surface area contributed by atoms with Gasteiger partial charge in [-0.15, -0.1) is 0 Å². The van der Waals surface area contributed by atoms with Gasteiger partial charge in [-0.05, 0) is 29.0 Å². The van der Waals surface area contributed by atoms with Gasteiger partial charge < -0.3 is 4.57 Å². The minimum Gasteiger partial charge on any atom is -0.309 e. The van der Waals surface area contributed by atoms with E-state index in [1.165, 1.54) is 0 Å². The lowest BCUT2D eigenvalue weighted by Crippen LogP contribution is -2.25. The Morgan fingerprint density at radius 2 is 1.17 bits per heavy atom. The molecule has 0 saturated heterocycles. The van der Waals surface area contributed by atoms with Gasteiger partial charge in [0, 0.05) is 27.7 Å². The molecule has 0 aliphatic rings. The summed E-state index contributed by atoms with van der Waals surface area (Å²) in [7, 11) is -3.01. The predicted molar refractivity (Wildman–Crippen MR) is 127 cm³/mol. The van der Waals surface area contributed by atoms with Crippen molar-refractivity contribution in [2.75, 3.05) is 0 Å². The number of hydrogen-bond acceptors (Lipinski definition) is 2. The van der Waals surface area contributed by atoms with E-state index in [-0.39, 0.29) is 0 Å². The van der Waals surface area contributed by atoms with Gasteiger partial charge in [-0.25, -0.2) is 0 Å². The van der Waals surface area contributed by atoms with Crippen molar-refractivity contribution in [2.45, 2.75) is 0 Å². The molecule has 5 aromatic rings. The smallest absolute Gasteiger partial charge is 0.171 e. The summed E-state index contributed by atoms with van der Waals surface area (Å²) < 4.78 is 14.7. The van der Waals surface area contributed by atoms with Crippen LogP contribution in [0, 0.1) is 0 Å². The summed E-state index contributed by atoms with van der Waals surface area (Å²) in [6.07, 6.45) is 1.78. The van der Waals surface area contributed by atoms with Gasteiger partial charge in [-0.2, -0.15) is 0 Å². The number of nitrogens with zero attached hydrogens (tertiary/aromatic N) is 1. The highest BCUT2D eigenvalue weighted by Gasteiger charge is 2.29. The third-order valence-corrected chi connectivity index (χ3v) is 8.46. The van der Waals surface area contributed by atoms with Crippen molar-refractivity contribution < 1.29 is 4.57 Å². The van der Waals surface area contributed by atoms with E-state index in [0.29, 0.717) is 0 Å². The van der Waals surface area contributed by atoms with E-state index in [1.807, 2.05) is 91.0 Å². The first-order valence-corrected chi connectivity index (χ1v) is 11.6. The molecule has 0 spiro atoms. The second-order valence-corrected chi connectivity index (χ2v) is 10.0. The lowest BCUT2D eigenvalue weighted by Gasteiger charge is -2.21. The molecule has 0 saturated carbocycles. The van der Waals surface area contributed by atoms with E-state index in [4.69, 9.17) is 0 Å². The molecule has 0 fully saturated rings. The van der Waals surface area contributed by atoms with Gasteiger partial charge in [-0.1, -0.05) is 97.1 Å². The Hall–Kier alpha value is -3.48. The molecule has 0 aliphatic carbocycles. The predicted octanol–water partition coefficient (Wildman–Crippen LogP) is 5.54. The monoisotopic (exact) mass is 405 g/mol. The van der Waals surface area contributed by atoms with Crippen LogP contribution in [0.5, 0.6) is 0 Å². The van der Waals surface area contributed by atoms with Crippen LogP contribution in [0.25, 0.3) is 22.0 Å². The van der Waals surface area contributed by atoms with Crippen LogP contribution < -0.4 is 15.9 Å². The molecule has 5 rings (SSSR count). The maximum absolute atomic E-state index is 14.7. The van der Waals surface area contributed by atoms with Crippen molar-refractivity contribution in [1.82, 2.24) is 4.98 Å². The molecular weight excluding hydrogens is 385 g/mol. The number of pyridine rings is 1. The van der Waals surface area contributed by atoms with Gasteiger partial charge in [-0.3, -0.25) is 4.98 Å². The molecule has 0 N–H and O–H groups in total. The Labute approximate surface area is 176 Å². The van der Waals surface area contributed by atoms with Gasteiger partial charge >= 0.3 is 0 Å². The second-order valence-electron chi connectivity index (χ2n) is 7.24. The number of benzene rings is 4. The molecule has 1 atom stereocenters. The summed E-state index contributed by atoms with van der Waals surface area (Å²) in [6, 6.07) is 37.9. The van der Waals surface area contributed by atoms with E-state index in [0.717, 1.165) is 37.9 Å². The minimum atomic E-state index is -3.01. The maximum Gasteiger partial charge on any atom is 0.171 e. The highest BCUT2D eigenvalue weighted by Crippen LogP contribution is 2.43. The van der Waals surface area contributed by atoms with E-state index in [1.54, 1.807) is 6.20 Å². The largest absolute Gasteiger partial charge is 0.309 e. The zero-order valence-electron chi connectivity index (χ0n) is 16.3. The van der Waals surface area contributed by atoms with Crippen molar-refractivity contribution in [1.29, 1.82) is 0 Å².